The van der Waals surface area contributed by atoms with Crippen LogP contribution in [0.2, 0.25) is 0 Å². The second-order valence-corrected chi connectivity index (χ2v) is 3.31. The monoisotopic (exact) mass is 234 g/mol. The van der Waals surface area contributed by atoms with Crippen molar-refractivity contribution < 1.29 is 18.3 Å². The lowest BCUT2D eigenvalue weighted by Gasteiger charge is -2.05. The minimum atomic E-state index is -1.17. The summed E-state index contributed by atoms with van der Waals surface area (Å²) in [6, 6.07) is 11.5. The van der Waals surface area contributed by atoms with Gasteiger partial charge < -0.3 is 4.74 Å². The molecule has 2 aromatic rings. The van der Waals surface area contributed by atoms with Crippen molar-refractivity contribution in [3.05, 3.63) is 65.7 Å². The molecular formula is C13H8F2O2. The predicted octanol–water partition coefficient (Wildman–Crippen LogP) is 3.18. The third-order valence-electron chi connectivity index (χ3n) is 2.13. The quantitative estimate of drug-likeness (QED) is 0.589. The van der Waals surface area contributed by atoms with Gasteiger partial charge >= 0.3 is 5.97 Å². The summed E-state index contributed by atoms with van der Waals surface area (Å²) in [4.78, 5) is 11.6. The van der Waals surface area contributed by atoms with Crippen molar-refractivity contribution in [3.63, 3.8) is 0 Å². The van der Waals surface area contributed by atoms with Crippen LogP contribution >= 0.6 is 0 Å². The van der Waals surface area contributed by atoms with Gasteiger partial charge in [0.05, 0.1) is 5.56 Å². The molecule has 0 atom stereocenters. The molecule has 0 unspecified atom stereocenters. The molecule has 0 bridgehead atoms. The number of rotatable bonds is 2. The molecule has 0 aromatic heterocycles. The maximum absolute atomic E-state index is 13.2. The summed E-state index contributed by atoms with van der Waals surface area (Å²) in [6.45, 7) is 0. The molecule has 0 saturated heterocycles. The van der Waals surface area contributed by atoms with E-state index in [1.165, 1.54) is 24.3 Å². The van der Waals surface area contributed by atoms with Crippen molar-refractivity contribution >= 4 is 5.97 Å². The second kappa shape index (κ2) is 4.74. The first kappa shape index (κ1) is 11.3. The Morgan fingerprint density at radius 3 is 2.35 bits per heavy atom. The van der Waals surface area contributed by atoms with Crippen LogP contribution in [-0.2, 0) is 0 Å². The summed E-state index contributed by atoms with van der Waals surface area (Å²) < 4.78 is 30.8. The van der Waals surface area contributed by atoms with Gasteiger partial charge in [0, 0.05) is 0 Å². The molecule has 86 valence electrons. The van der Waals surface area contributed by atoms with Crippen LogP contribution in [0.4, 0.5) is 8.78 Å². The highest BCUT2D eigenvalue weighted by molar-refractivity contribution is 5.90. The summed E-state index contributed by atoms with van der Waals surface area (Å²) in [5, 5.41) is 0. The maximum Gasteiger partial charge on any atom is 0.343 e. The van der Waals surface area contributed by atoms with Gasteiger partial charge in [0.15, 0.2) is 11.6 Å². The minimum Gasteiger partial charge on any atom is -0.420 e. The second-order valence-electron chi connectivity index (χ2n) is 3.31. The Balaban J connectivity index is 2.22. The SMILES string of the molecule is O=C(Oc1cccc(F)c1F)c1ccccc1. The smallest absolute Gasteiger partial charge is 0.343 e. The zero-order valence-electron chi connectivity index (χ0n) is 8.69. The number of ether oxygens (including phenoxy) is 1. The predicted molar refractivity (Wildman–Crippen MR) is 57.8 cm³/mol. The number of hydrogen-bond donors (Lipinski definition) is 0. The lowest BCUT2D eigenvalue weighted by Crippen LogP contribution is -2.09. The molecule has 0 aliphatic carbocycles. The molecule has 0 aliphatic heterocycles. The average molecular weight is 234 g/mol. The molecule has 0 radical (unpaired) electrons. The third-order valence-corrected chi connectivity index (χ3v) is 2.13. The Morgan fingerprint density at radius 1 is 0.941 bits per heavy atom. The van der Waals surface area contributed by atoms with Crippen LogP contribution in [0.25, 0.3) is 0 Å². The molecular weight excluding hydrogens is 226 g/mol. The summed E-state index contributed by atoms with van der Waals surface area (Å²) in [6.07, 6.45) is 0. The van der Waals surface area contributed by atoms with Crippen LogP contribution in [0.3, 0.4) is 0 Å². The highest BCUT2D eigenvalue weighted by Crippen LogP contribution is 2.20. The fourth-order valence-corrected chi connectivity index (χ4v) is 1.30. The molecule has 0 N–H and O–H groups in total. The highest BCUT2D eigenvalue weighted by atomic mass is 19.2. The minimum absolute atomic E-state index is 0.274. The number of benzene rings is 2. The number of carbonyl (C=O) groups excluding carboxylic acids is 1. The first-order chi connectivity index (χ1) is 8.18. The Morgan fingerprint density at radius 2 is 1.65 bits per heavy atom. The highest BCUT2D eigenvalue weighted by Gasteiger charge is 2.13. The molecule has 2 aromatic carbocycles. The van der Waals surface area contributed by atoms with Gasteiger partial charge in [-0.3, -0.25) is 0 Å². The van der Waals surface area contributed by atoms with E-state index >= 15 is 0 Å². The van der Waals surface area contributed by atoms with E-state index in [-0.39, 0.29) is 5.56 Å². The standard InChI is InChI=1S/C13H8F2O2/c14-10-7-4-8-11(12(10)15)17-13(16)9-5-2-1-3-6-9/h1-8H. The Labute approximate surface area is 96.5 Å². The van der Waals surface area contributed by atoms with Gasteiger partial charge in [-0.25, -0.2) is 9.18 Å². The Hall–Kier alpha value is -2.23. The van der Waals surface area contributed by atoms with E-state index in [0.717, 1.165) is 6.07 Å². The van der Waals surface area contributed by atoms with Crippen LogP contribution in [0.15, 0.2) is 48.5 Å². The fourth-order valence-electron chi connectivity index (χ4n) is 1.30. The molecule has 0 heterocycles. The molecule has 0 fully saturated rings. The number of carbonyl (C=O) groups is 1. The van der Waals surface area contributed by atoms with Crippen LogP contribution < -0.4 is 4.74 Å². The van der Waals surface area contributed by atoms with Gasteiger partial charge in [0.25, 0.3) is 0 Å². The largest absolute Gasteiger partial charge is 0.420 e. The van der Waals surface area contributed by atoms with E-state index in [9.17, 15) is 13.6 Å². The summed E-state index contributed by atoms with van der Waals surface area (Å²) in [7, 11) is 0. The Kier molecular flexibility index (Phi) is 3.14. The zero-order valence-corrected chi connectivity index (χ0v) is 8.69. The zero-order chi connectivity index (χ0) is 12.3. The molecule has 17 heavy (non-hydrogen) atoms. The number of esters is 1. The Bertz CT molecular complexity index is 538. The van der Waals surface area contributed by atoms with Gasteiger partial charge in [-0.2, -0.15) is 4.39 Å². The molecule has 4 heteroatoms. The van der Waals surface area contributed by atoms with Crippen molar-refractivity contribution in [1.29, 1.82) is 0 Å². The van der Waals surface area contributed by atoms with Crippen molar-refractivity contribution in [3.8, 4) is 5.75 Å². The molecule has 0 amide bonds. The van der Waals surface area contributed by atoms with Crippen LogP contribution in [-0.4, -0.2) is 5.97 Å². The van der Waals surface area contributed by atoms with Gasteiger partial charge in [-0.15, -0.1) is 0 Å². The van der Waals surface area contributed by atoms with Crippen LogP contribution in [0, 0.1) is 11.6 Å². The first-order valence-corrected chi connectivity index (χ1v) is 4.90. The van der Waals surface area contributed by atoms with E-state index in [1.807, 2.05) is 0 Å². The molecule has 2 rings (SSSR count). The van der Waals surface area contributed by atoms with Crippen LogP contribution in [0.1, 0.15) is 10.4 Å². The van der Waals surface area contributed by atoms with E-state index in [2.05, 4.69) is 0 Å². The van der Waals surface area contributed by atoms with E-state index in [4.69, 9.17) is 4.74 Å². The van der Waals surface area contributed by atoms with Gasteiger partial charge in [0.2, 0.25) is 5.82 Å². The first-order valence-electron chi connectivity index (χ1n) is 4.90. The van der Waals surface area contributed by atoms with E-state index < -0.39 is 23.4 Å². The van der Waals surface area contributed by atoms with Gasteiger partial charge in [-0.05, 0) is 24.3 Å². The fraction of sp³-hybridized carbons (Fsp3) is 0. The van der Waals surface area contributed by atoms with Crippen LogP contribution in [0.5, 0.6) is 5.75 Å². The third kappa shape index (κ3) is 2.47. The summed E-state index contributed by atoms with van der Waals surface area (Å²) >= 11 is 0. The van der Waals surface area contributed by atoms with Crippen molar-refractivity contribution in [1.82, 2.24) is 0 Å². The van der Waals surface area contributed by atoms with E-state index in [1.54, 1.807) is 18.2 Å². The topological polar surface area (TPSA) is 26.3 Å². The molecule has 2 nitrogen and oxygen atoms in total. The van der Waals surface area contributed by atoms with E-state index in [0.29, 0.717) is 0 Å². The van der Waals surface area contributed by atoms with Gasteiger partial charge in [-0.1, -0.05) is 24.3 Å². The lowest BCUT2D eigenvalue weighted by atomic mass is 10.2. The molecule has 0 aliphatic rings. The molecule has 0 spiro atoms. The summed E-state index contributed by atoms with van der Waals surface area (Å²) in [5.74, 6) is -3.37. The van der Waals surface area contributed by atoms with Crippen molar-refractivity contribution in [2.75, 3.05) is 0 Å². The normalized spacial score (nSPS) is 10.0. The maximum atomic E-state index is 13.2. The number of hydrogen-bond acceptors (Lipinski definition) is 2. The van der Waals surface area contributed by atoms with Crippen molar-refractivity contribution in [2.45, 2.75) is 0 Å². The van der Waals surface area contributed by atoms with Gasteiger partial charge in [0.1, 0.15) is 0 Å². The number of halogens is 2. The average Bonchev–Trinajstić information content (AvgIpc) is 2.36. The molecule has 0 saturated carbocycles. The lowest BCUT2D eigenvalue weighted by molar-refractivity contribution is 0.0726. The summed E-state index contributed by atoms with van der Waals surface area (Å²) in [5.41, 5.74) is 0.274. The van der Waals surface area contributed by atoms with Crippen molar-refractivity contribution in [2.24, 2.45) is 0 Å².